The number of thiol groups is 2. The van der Waals surface area contributed by atoms with Crippen molar-refractivity contribution in [2.75, 3.05) is 26.2 Å². The van der Waals surface area contributed by atoms with E-state index in [2.05, 4.69) is 66.6 Å². The lowest BCUT2D eigenvalue weighted by Gasteiger charge is -2.30. The Morgan fingerprint density at radius 1 is 0.946 bits per heavy atom. The highest BCUT2D eigenvalue weighted by atomic mass is 32.1. The van der Waals surface area contributed by atoms with E-state index in [-0.39, 0.29) is 21.9 Å². The average molecular weight is 537 g/mol. The van der Waals surface area contributed by atoms with E-state index < -0.39 is 0 Å². The van der Waals surface area contributed by atoms with Gasteiger partial charge in [-0.15, -0.1) is 0 Å². The summed E-state index contributed by atoms with van der Waals surface area (Å²) in [6.45, 7) is 11.0. The zero-order chi connectivity index (χ0) is 26.6. The van der Waals surface area contributed by atoms with Gasteiger partial charge >= 0.3 is 0 Å². The van der Waals surface area contributed by atoms with Crippen LogP contribution in [0.3, 0.4) is 0 Å². The maximum Gasteiger partial charge on any atom is 0.244 e. The molecule has 0 atom stereocenters. The van der Waals surface area contributed by atoms with Crippen LogP contribution in [-0.2, 0) is 11.3 Å². The van der Waals surface area contributed by atoms with E-state index in [1.54, 1.807) is 4.68 Å². The minimum Gasteiger partial charge on any atom is -0.338 e. The fourth-order valence-corrected chi connectivity index (χ4v) is 4.38. The number of aromatic nitrogens is 4. The molecule has 3 heterocycles. The van der Waals surface area contributed by atoms with Crippen molar-refractivity contribution in [3.63, 3.8) is 0 Å². The fraction of sp³-hybridized carbons (Fsp3) is 0.393. The standard InChI is InChI=1S/C28H36N6OS2/c1-27(2,36)19-29-13-16-33(20-28(3,4)37)26(35)18-34-15-12-23(31-34)21-8-10-22(11-9-21)24-17-32-14-6-5-7-25(32)30-24/h5-12,14-15,17,29,36-37H,13,16,18-20H2,1-4H3. The molecule has 0 aliphatic carbocycles. The van der Waals surface area contributed by atoms with Gasteiger partial charge in [-0.1, -0.05) is 30.3 Å². The van der Waals surface area contributed by atoms with Gasteiger partial charge in [0, 0.05) is 65.4 Å². The molecular formula is C28H36N6OS2. The van der Waals surface area contributed by atoms with E-state index in [4.69, 9.17) is 0 Å². The Morgan fingerprint density at radius 2 is 1.65 bits per heavy atom. The van der Waals surface area contributed by atoms with Crippen LogP contribution < -0.4 is 5.32 Å². The summed E-state index contributed by atoms with van der Waals surface area (Å²) in [6, 6.07) is 16.1. The molecule has 0 fully saturated rings. The molecule has 0 spiro atoms. The Labute approximate surface area is 230 Å². The minimum atomic E-state index is -0.295. The molecule has 0 aliphatic heterocycles. The molecule has 9 heteroatoms. The maximum absolute atomic E-state index is 13.2. The molecule has 0 aliphatic rings. The van der Waals surface area contributed by atoms with E-state index in [9.17, 15) is 4.79 Å². The maximum atomic E-state index is 13.2. The van der Waals surface area contributed by atoms with Gasteiger partial charge in [0.05, 0.1) is 11.4 Å². The van der Waals surface area contributed by atoms with Crippen molar-refractivity contribution >= 4 is 36.8 Å². The van der Waals surface area contributed by atoms with Gasteiger partial charge in [0.15, 0.2) is 0 Å². The molecule has 196 valence electrons. The Hall–Kier alpha value is -2.75. The molecule has 37 heavy (non-hydrogen) atoms. The number of amides is 1. The first-order chi connectivity index (χ1) is 17.5. The number of hydrogen-bond acceptors (Lipinski definition) is 6. The van der Waals surface area contributed by atoms with Crippen LogP contribution in [0.1, 0.15) is 27.7 Å². The number of rotatable bonds is 11. The first-order valence-corrected chi connectivity index (χ1v) is 13.4. The summed E-state index contributed by atoms with van der Waals surface area (Å²) in [7, 11) is 0. The molecule has 1 N–H and O–H groups in total. The van der Waals surface area contributed by atoms with E-state index >= 15 is 0 Å². The number of fused-ring (bicyclic) bond motifs is 1. The second kappa shape index (κ2) is 11.3. The Morgan fingerprint density at radius 3 is 2.30 bits per heavy atom. The van der Waals surface area contributed by atoms with Crippen LogP contribution in [0, 0.1) is 0 Å². The summed E-state index contributed by atoms with van der Waals surface area (Å²) in [6.07, 6.45) is 5.87. The SMILES string of the molecule is CC(C)(S)CNCCN(CC(C)(C)S)C(=O)Cn1ccc(-c2ccc(-c3cn4ccccc4n3)cc2)n1. The largest absolute Gasteiger partial charge is 0.338 e. The summed E-state index contributed by atoms with van der Waals surface area (Å²) < 4.78 is 3.32. The topological polar surface area (TPSA) is 67.5 Å². The molecule has 3 aromatic heterocycles. The van der Waals surface area contributed by atoms with Gasteiger partial charge in [-0.2, -0.15) is 30.4 Å². The van der Waals surface area contributed by atoms with Crippen molar-refractivity contribution in [2.24, 2.45) is 0 Å². The number of nitrogens with one attached hydrogen (secondary N) is 1. The van der Waals surface area contributed by atoms with E-state index in [1.807, 2.05) is 78.1 Å². The first-order valence-electron chi connectivity index (χ1n) is 12.5. The van der Waals surface area contributed by atoms with Crippen LogP contribution in [0.4, 0.5) is 0 Å². The number of hydrogen-bond donors (Lipinski definition) is 3. The molecule has 1 aromatic carbocycles. The lowest BCUT2D eigenvalue weighted by molar-refractivity contribution is -0.132. The number of benzene rings is 1. The van der Waals surface area contributed by atoms with Crippen LogP contribution in [0.5, 0.6) is 0 Å². The van der Waals surface area contributed by atoms with Gasteiger partial charge in [0.1, 0.15) is 12.2 Å². The highest BCUT2D eigenvalue weighted by Gasteiger charge is 2.22. The van der Waals surface area contributed by atoms with Gasteiger partial charge < -0.3 is 14.6 Å². The third-order valence-corrected chi connectivity index (χ3v) is 6.12. The number of nitrogens with zero attached hydrogens (tertiary/aromatic N) is 5. The molecule has 0 radical (unpaired) electrons. The number of carbonyl (C=O) groups is 1. The van der Waals surface area contributed by atoms with Crippen molar-refractivity contribution in [2.45, 2.75) is 43.7 Å². The van der Waals surface area contributed by atoms with Crippen LogP contribution in [0.15, 0.2) is 67.1 Å². The summed E-state index contributed by atoms with van der Waals surface area (Å²) in [4.78, 5) is 19.7. The van der Waals surface area contributed by atoms with Gasteiger partial charge in [-0.25, -0.2) is 4.98 Å². The molecule has 7 nitrogen and oxygen atoms in total. The zero-order valence-electron chi connectivity index (χ0n) is 21.9. The molecule has 4 rings (SSSR count). The number of imidazole rings is 1. The summed E-state index contributed by atoms with van der Waals surface area (Å²) in [5.74, 6) is 0.0194. The Bertz CT molecular complexity index is 1300. The normalized spacial score (nSPS) is 12.3. The molecule has 0 bridgehead atoms. The predicted molar refractivity (Wildman–Crippen MR) is 157 cm³/mol. The fourth-order valence-electron chi connectivity index (χ4n) is 4.10. The van der Waals surface area contributed by atoms with Crippen molar-refractivity contribution in [3.05, 3.63) is 67.1 Å². The highest BCUT2D eigenvalue weighted by Crippen LogP contribution is 2.24. The van der Waals surface area contributed by atoms with Crippen molar-refractivity contribution in [1.82, 2.24) is 29.4 Å². The average Bonchev–Trinajstić information content (AvgIpc) is 3.47. The quantitative estimate of drug-likeness (QED) is 0.192. The molecule has 0 saturated carbocycles. The molecule has 1 amide bonds. The summed E-state index contributed by atoms with van der Waals surface area (Å²) >= 11 is 9.20. The van der Waals surface area contributed by atoms with Crippen LogP contribution in [-0.4, -0.2) is 65.6 Å². The molecule has 0 unspecified atom stereocenters. The predicted octanol–water partition coefficient (Wildman–Crippen LogP) is 4.70. The summed E-state index contributed by atoms with van der Waals surface area (Å²) in [5.41, 5.74) is 4.70. The molecular weight excluding hydrogens is 500 g/mol. The monoisotopic (exact) mass is 536 g/mol. The third kappa shape index (κ3) is 7.87. The second-order valence-corrected chi connectivity index (χ2v) is 13.1. The lowest BCUT2D eigenvalue weighted by Crippen LogP contribution is -2.45. The van der Waals surface area contributed by atoms with Crippen molar-refractivity contribution in [1.29, 1.82) is 0 Å². The number of carbonyl (C=O) groups excluding carboxylic acids is 1. The number of pyridine rings is 1. The molecule has 0 saturated heterocycles. The molecule has 4 aromatic rings. The smallest absolute Gasteiger partial charge is 0.244 e. The minimum absolute atomic E-state index is 0.0194. The van der Waals surface area contributed by atoms with E-state index in [1.165, 1.54) is 0 Å². The first kappa shape index (κ1) is 27.3. The van der Waals surface area contributed by atoms with Crippen LogP contribution in [0.25, 0.3) is 28.2 Å². The Balaban J connectivity index is 1.40. The lowest BCUT2D eigenvalue weighted by atomic mass is 10.1. The van der Waals surface area contributed by atoms with Gasteiger partial charge in [0.25, 0.3) is 0 Å². The van der Waals surface area contributed by atoms with E-state index in [0.29, 0.717) is 19.6 Å². The van der Waals surface area contributed by atoms with Crippen LogP contribution in [0.2, 0.25) is 0 Å². The zero-order valence-corrected chi connectivity index (χ0v) is 23.7. The van der Waals surface area contributed by atoms with Gasteiger partial charge in [0.2, 0.25) is 5.91 Å². The van der Waals surface area contributed by atoms with Gasteiger partial charge in [-0.05, 0) is 45.9 Å². The second-order valence-electron chi connectivity index (χ2n) is 10.7. The Kier molecular flexibility index (Phi) is 8.36. The summed E-state index contributed by atoms with van der Waals surface area (Å²) in [5, 5.41) is 8.06. The van der Waals surface area contributed by atoms with E-state index in [0.717, 1.165) is 34.7 Å². The van der Waals surface area contributed by atoms with Crippen molar-refractivity contribution in [3.8, 4) is 22.5 Å². The highest BCUT2D eigenvalue weighted by molar-refractivity contribution is 7.82. The van der Waals surface area contributed by atoms with Crippen LogP contribution >= 0.6 is 25.3 Å². The third-order valence-electron chi connectivity index (χ3n) is 5.82. The van der Waals surface area contributed by atoms with Crippen molar-refractivity contribution < 1.29 is 4.79 Å². The van der Waals surface area contributed by atoms with Gasteiger partial charge in [-0.3, -0.25) is 9.48 Å².